The van der Waals surface area contributed by atoms with E-state index >= 15 is 0 Å². The molecule has 1 saturated carbocycles. The summed E-state index contributed by atoms with van der Waals surface area (Å²) in [4.78, 5) is 17.3. The first-order valence-electron chi connectivity index (χ1n) is 8.67. The molecular formula is C21H22N2O3. The highest BCUT2D eigenvalue weighted by atomic mass is 16.6. The first-order valence-corrected chi connectivity index (χ1v) is 8.67. The molecule has 26 heavy (non-hydrogen) atoms. The van der Waals surface area contributed by atoms with Gasteiger partial charge in [0.05, 0.1) is 12.1 Å². The fraction of sp³-hybridized carbons (Fsp3) is 0.333. The van der Waals surface area contributed by atoms with Crippen LogP contribution in [-0.2, 0) is 16.9 Å². The highest BCUT2D eigenvalue weighted by Crippen LogP contribution is 2.52. The van der Waals surface area contributed by atoms with Gasteiger partial charge < -0.3 is 19.2 Å². The molecule has 0 saturated heterocycles. The normalized spacial score (nSPS) is 14.2. The number of ether oxygens (including phenoxy) is 2. The molecule has 0 bridgehead atoms. The maximum absolute atomic E-state index is 12.0. The van der Waals surface area contributed by atoms with E-state index in [2.05, 4.69) is 4.85 Å². The van der Waals surface area contributed by atoms with Gasteiger partial charge in [0.15, 0.2) is 0 Å². The minimum atomic E-state index is -0.406. The second-order valence-corrected chi connectivity index (χ2v) is 6.45. The van der Waals surface area contributed by atoms with Crippen LogP contribution in [-0.4, -0.2) is 31.2 Å². The van der Waals surface area contributed by atoms with Crippen LogP contribution >= 0.6 is 0 Å². The van der Waals surface area contributed by atoms with Gasteiger partial charge in [0.1, 0.15) is 19.0 Å². The third kappa shape index (κ3) is 4.15. The molecule has 1 fully saturated rings. The molecule has 0 heterocycles. The number of likely N-dealkylation sites (N-methyl/N-ethyl adjacent to an activating group) is 1. The van der Waals surface area contributed by atoms with Crippen LogP contribution in [0.1, 0.15) is 24.0 Å². The molecule has 1 aliphatic rings. The molecule has 0 spiro atoms. The number of amides is 1. The summed E-state index contributed by atoms with van der Waals surface area (Å²) in [5.74, 6) is 0.729. The largest absolute Gasteiger partial charge is 0.491 e. The lowest BCUT2D eigenvalue weighted by molar-refractivity contribution is 0.0994. The summed E-state index contributed by atoms with van der Waals surface area (Å²) in [6.45, 7) is 8.43. The lowest BCUT2D eigenvalue weighted by atomic mass is 10.0. The highest BCUT2D eigenvalue weighted by molar-refractivity contribution is 5.67. The van der Waals surface area contributed by atoms with Crippen LogP contribution in [0.25, 0.3) is 4.85 Å². The zero-order chi connectivity index (χ0) is 18.4. The number of para-hydroxylation sites is 1. The van der Waals surface area contributed by atoms with E-state index in [0.717, 1.165) is 29.7 Å². The third-order valence-electron chi connectivity index (χ3n) is 4.53. The van der Waals surface area contributed by atoms with Gasteiger partial charge >= 0.3 is 6.09 Å². The van der Waals surface area contributed by atoms with Crippen molar-refractivity contribution in [2.45, 2.75) is 25.0 Å². The van der Waals surface area contributed by atoms with E-state index in [1.54, 1.807) is 7.05 Å². The average molecular weight is 350 g/mol. The van der Waals surface area contributed by atoms with Crippen molar-refractivity contribution in [1.29, 1.82) is 0 Å². The molecule has 2 aromatic carbocycles. The minimum Gasteiger partial charge on any atom is -0.491 e. The molecule has 0 atom stereocenters. The van der Waals surface area contributed by atoms with Gasteiger partial charge in [-0.05, 0) is 17.7 Å². The van der Waals surface area contributed by atoms with E-state index in [1.807, 2.05) is 54.6 Å². The molecule has 0 radical (unpaired) electrons. The van der Waals surface area contributed by atoms with Crippen LogP contribution in [0.3, 0.4) is 0 Å². The van der Waals surface area contributed by atoms with Crippen LogP contribution in [0, 0.1) is 6.57 Å². The maximum atomic E-state index is 12.0. The van der Waals surface area contributed by atoms with Crippen molar-refractivity contribution < 1.29 is 14.3 Å². The zero-order valence-electron chi connectivity index (χ0n) is 14.9. The van der Waals surface area contributed by atoms with Gasteiger partial charge in [-0.3, -0.25) is 0 Å². The number of nitrogens with zero attached hydrogens (tertiary/aromatic N) is 2. The van der Waals surface area contributed by atoms with E-state index in [1.165, 1.54) is 4.90 Å². The van der Waals surface area contributed by atoms with Gasteiger partial charge in [0.25, 0.3) is 5.54 Å². The first kappa shape index (κ1) is 17.8. The number of benzene rings is 2. The predicted octanol–water partition coefficient (Wildman–Crippen LogP) is 4.24. The Kier molecular flexibility index (Phi) is 5.43. The maximum Gasteiger partial charge on any atom is 0.409 e. The van der Waals surface area contributed by atoms with Crippen molar-refractivity contribution >= 4 is 6.09 Å². The summed E-state index contributed by atoms with van der Waals surface area (Å²) in [7, 11) is 1.68. The summed E-state index contributed by atoms with van der Waals surface area (Å²) in [5.41, 5.74) is 1.49. The fourth-order valence-electron chi connectivity index (χ4n) is 2.75. The second-order valence-electron chi connectivity index (χ2n) is 6.45. The summed E-state index contributed by atoms with van der Waals surface area (Å²) < 4.78 is 11.1. The second kappa shape index (κ2) is 7.92. The Balaban J connectivity index is 1.48. The van der Waals surface area contributed by atoms with Crippen LogP contribution in [0.15, 0.2) is 54.6 Å². The first-order chi connectivity index (χ1) is 12.6. The minimum absolute atomic E-state index is 0.251. The number of hydrogen-bond acceptors (Lipinski definition) is 3. The Bertz CT molecular complexity index is 794. The van der Waals surface area contributed by atoms with Crippen LogP contribution in [0.2, 0.25) is 0 Å². The topological polar surface area (TPSA) is 43.1 Å². The molecular weight excluding hydrogens is 328 g/mol. The lowest BCUT2D eigenvalue weighted by Gasteiger charge is -2.18. The number of rotatable bonds is 7. The van der Waals surface area contributed by atoms with Gasteiger partial charge in [0, 0.05) is 19.9 Å². The standard InChI is InChI=1S/C21H22N2O3/c1-22-21(12-13-21)18-10-6-7-11-19(18)25-15-14-23(2)20(24)26-16-17-8-4-3-5-9-17/h3-11H,12-16H2,2H3. The summed E-state index contributed by atoms with van der Waals surface area (Å²) >= 11 is 0. The van der Waals surface area contributed by atoms with Crippen molar-refractivity contribution in [3.63, 3.8) is 0 Å². The molecule has 5 nitrogen and oxygen atoms in total. The summed E-state index contributed by atoms with van der Waals surface area (Å²) in [6.07, 6.45) is 1.37. The van der Waals surface area contributed by atoms with Crippen LogP contribution < -0.4 is 4.74 Å². The predicted molar refractivity (Wildman–Crippen MR) is 98.7 cm³/mol. The summed E-state index contributed by atoms with van der Waals surface area (Å²) in [6, 6.07) is 17.2. The van der Waals surface area contributed by atoms with E-state index in [9.17, 15) is 4.79 Å². The van der Waals surface area contributed by atoms with Crippen molar-refractivity contribution in [3.05, 3.63) is 77.1 Å². The monoisotopic (exact) mass is 350 g/mol. The Morgan fingerprint density at radius 1 is 1.15 bits per heavy atom. The fourth-order valence-corrected chi connectivity index (χ4v) is 2.75. The molecule has 3 rings (SSSR count). The summed E-state index contributed by atoms with van der Waals surface area (Å²) in [5, 5.41) is 0. The van der Waals surface area contributed by atoms with E-state index in [0.29, 0.717) is 13.2 Å². The van der Waals surface area contributed by atoms with Crippen molar-refractivity contribution in [2.24, 2.45) is 0 Å². The van der Waals surface area contributed by atoms with Crippen molar-refractivity contribution in [3.8, 4) is 5.75 Å². The van der Waals surface area contributed by atoms with Crippen molar-refractivity contribution in [2.75, 3.05) is 20.2 Å². The van der Waals surface area contributed by atoms with E-state index < -0.39 is 5.54 Å². The van der Waals surface area contributed by atoms with Crippen LogP contribution in [0.4, 0.5) is 4.79 Å². The molecule has 5 heteroatoms. The average Bonchev–Trinajstić information content (AvgIpc) is 3.48. The number of carbonyl (C=O) groups excluding carboxylic acids is 1. The molecule has 0 aromatic heterocycles. The molecule has 0 N–H and O–H groups in total. The lowest BCUT2D eigenvalue weighted by Crippen LogP contribution is -2.31. The van der Waals surface area contributed by atoms with E-state index in [4.69, 9.17) is 16.0 Å². The zero-order valence-corrected chi connectivity index (χ0v) is 14.9. The SMILES string of the molecule is [C-]#[N+]C1(c2ccccc2OCCN(C)C(=O)OCc2ccccc2)CC1. The quantitative estimate of drug-likeness (QED) is 0.702. The van der Waals surface area contributed by atoms with Gasteiger partial charge in [-0.25, -0.2) is 11.4 Å². The van der Waals surface area contributed by atoms with Gasteiger partial charge in [-0.15, -0.1) is 0 Å². The van der Waals surface area contributed by atoms with Gasteiger partial charge in [-0.2, -0.15) is 0 Å². The molecule has 0 unspecified atom stereocenters. The Morgan fingerprint density at radius 2 is 1.85 bits per heavy atom. The Morgan fingerprint density at radius 3 is 2.54 bits per heavy atom. The number of hydrogen-bond donors (Lipinski definition) is 0. The van der Waals surface area contributed by atoms with Gasteiger partial charge in [0.2, 0.25) is 0 Å². The molecule has 1 aliphatic carbocycles. The highest BCUT2D eigenvalue weighted by Gasteiger charge is 2.54. The smallest absolute Gasteiger partial charge is 0.409 e. The molecule has 2 aromatic rings. The van der Waals surface area contributed by atoms with Crippen molar-refractivity contribution in [1.82, 2.24) is 4.90 Å². The third-order valence-corrected chi connectivity index (χ3v) is 4.53. The van der Waals surface area contributed by atoms with E-state index in [-0.39, 0.29) is 12.7 Å². The molecule has 134 valence electrons. The Labute approximate surface area is 154 Å². The number of carbonyl (C=O) groups is 1. The van der Waals surface area contributed by atoms with Crippen LogP contribution in [0.5, 0.6) is 5.75 Å². The Hall–Kier alpha value is -3.00. The molecule has 0 aliphatic heterocycles. The van der Waals surface area contributed by atoms with Gasteiger partial charge in [-0.1, -0.05) is 42.5 Å². The molecule has 1 amide bonds.